The van der Waals surface area contributed by atoms with Crippen molar-refractivity contribution in [2.45, 2.75) is 64.6 Å². The second kappa shape index (κ2) is 9.99. The Morgan fingerprint density at radius 3 is 2.64 bits per heavy atom. The Morgan fingerprint density at radius 2 is 1.89 bits per heavy atom. The van der Waals surface area contributed by atoms with Crippen LogP contribution in [-0.4, -0.2) is 58.9 Å². The van der Waals surface area contributed by atoms with Gasteiger partial charge in [0.15, 0.2) is 0 Å². The van der Waals surface area contributed by atoms with Gasteiger partial charge in [-0.15, -0.1) is 0 Å². The Bertz CT molecular complexity index is 1190. The number of piperidine rings is 1. The highest BCUT2D eigenvalue weighted by Gasteiger charge is 2.40. The van der Waals surface area contributed by atoms with E-state index >= 15 is 0 Å². The molecule has 0 aromatic heterocycles. The minimum absolute atomic E-state index is 0.0125. The average molecular weight is 496 g/mol. The number of hydrogen-bond donors (Lipinski definition) is 1. The van der Waals surface area contributed by atoms with Crippen molar-refractivity contribution in [3.63, 3.8) is 0 Å². The molecule has 3 atom stereocenters. The summed E-state index contributed by atoms with van der Waals surface area (Å²) in [6.07, 6.45) is 0.788. The van der Waals surface area contributed by atoms with Crippen LogP contribution in [0.2, 0.25) is 0 Å². The number of amides is 3. The zero-order chi connectivity index (χ0) is 25.4. The maximum absolute atomic E-state index is 14.6. The number of hydrogen-bond acceptors (Lipinski definition) is 6. The summed E-state index contributed by atoms with van der Waals surface area (Å²) in [6.45, 7) is 6.66. The first kappa shape index (κ1) is 24.4. The Hall–Kier alpha value is -3.30. The molecule has 1 N–H and O–H groups in total. The SMILES string of the molecule is CC1CN(Cc2ccc(F)c(COc3cccc4c3CN([C@@H]3CCC(=O)NC3=O)C4=O)c2)CC(C)O1. The molecule has 2 aromatic rings. The number of ether oxygens (including phenoxy) is 2. The number of rotatable bonds is 6. The van der Waals surface area contributed by atoms with Crippen molar-refractivity contribution in [3.8, 4) is 5.75 Å². The van der Waals surface area contributed by atoms with E-state index in [4.69, 9.17) is 9.47 Å². The van der Waals surface area contributed by atoms with Gasteiger partial charge in [0.25, 0.3) is 5.91 Å². The fourth-order valence-electron chi connectivity index (χ4n) is 5.36. The third kappa shape index (κ3) is 4.99. The minimum atomic E-state index is -0.699. The average Bonchev–Trinajstić information content (AvgIpc) is 3.15. The van der Waals surface area contributed by atoms with Crippen molar-refractivity contribution in [2.75, 3.05) is 13.1 Å². The molecule has 3 amide bonds. The zero-order valence-corrected chi connectivity index (χ0v) is 20.5. The Kier molecular flexibility index (Phi) is 6.77. The molecule has 0 aliphatic carbocycles. The predicted octanol–water partition coefficient (Wildman–Crippen LogP) is 2.77. The fraction of sp³-hybridized carbons (Fsp3) is 0.444. The van der Waals surface area contributed by atoms with Crippen LogP contribution in [0.5, 0.6) is 5.75 Å². The molecule has 2 fully saturated rings. The molecule has 0 saturated carbocycles. The van der Waals surface area contributed by atoms with E-state index in [1.54, 1.807) is 24.3 Å². The van der Waals surface area contributed by atoms with Crippen LogP contribution in [0.25, 0.3) is 0 Å². The van der Waals surface area contributed by atoms with Gasteiger partial charge in [-0.25, -0.2) is 4.39 Å². The van der Waals surface area contributed by atoms with Gasteiger partial charge in [-0.2, -0.15) is 0 Å². The normalized spacial score (nSPS) is 24.6. The van der Waals surface area contributed by atoms with Crippen LogP contribution < -0.4 is 10.1 Å². The Balaban J connectivity index is 1.28. The topological polar surface area (TPSA) is 88.2 Å². The van der Waals surface area contributed by atoms with Crippen molar-refractivity contribution in [2.24, 2.45) is 0 Å². The summed E-state index contributed by atoms with van der Waals surface area (Å²) in [7, 11) is 0. The maximum atomic E-state index is 14.6. The Morgan fingerprint density at radius 1 is 1.11 bits per heavy atom. The lowest BCUT2D eigenvalue weighted by atomic mass is 10.0. The van der Waals surface area contributed by atoms with E-state index in [9.17, 15) is 18.8 Å². The van der Waals surface area contributed by atoms with E-state index in [1.807, 2.05) is 6.07 Å². The molecule has 0 bridgehead atoms. The number of nitrogens with zero attached hydrogens (tertiary/aromatic N) is 2. The highest BCUT2D eigenvalue weighted by Crippen LogP contribution is 2.34. The third-order valence-corrected chi connectivity index (χ3v) is 6.93. The van der Waals surface area contributed by atoms with Gasteiger partial charge in [-0.05, 0) is 50.1 Å². The molecule has 36 heavy (non-hydrogen) atoms. The van der Waals surface area contributed by atoms with Gasteiger partial charge < -0.3 is 14.4 Å². The van der Waals surface area contributed by atoms with Crippen molar-refractivity contribution >= 4 is 17.7 Å². The van der Waals surface area contributed by atoms with Gasteiger partial charge in [0, 0.05) is 42.7 Å². The number of halogens is 1. The number of carbonyl (C=O) groups is 3. The molecule has 8 nitrogen and oxygen atoms in total. The van der Waals surface area contributed by atoms with Crippen molar-refractivity contribution in [1.82, 2.24) is 15.1 Å². The number of nitrogens with one attached hydrogen (secondary N) is 1. The molecular formula is C27H30FN3O5. The monoisotopic (exact) mass is 495 g/mol. The smallest absolute Gasteiger partial charge is 0.255 e. The van der Waals surface area contributed by atoms with Gasteiger partial charge in [0.2, 0.25) is 11.8 Å². The van der Waals surface area contributed by atoms with Crippen LogP contribution in [0.15, 0.2) is 36.4 Å². The first-order valence-corrected chi connectivity index (χ1v) is 12.3. The first-order valence-electron chi connectivity index (χ1n) is 12.3. The molecule has 2 saturated heterocycles. The summed E-state index contributed by atoms with van der Waals surface area (Å²) in [4.78, 5) is 40.6. The molecule has 2 aromatic carbocycles. The maximum Gasteiger partial charge on any atom is 0.255 e. The fourth-order valence-corrected chi connectivity index (χ4v) is 5.36. The molecule has 190 valence electrons. The number of benzene rings is 2. The molecule has 3 heterocycles. The second-order valence-electron chi connectivity index (χ2n) is 9.85. The first-order chi connectivity index (χ1) is 17.3. The van der Waals surface area contributed by atoms with Gasteiger partial charge in [0.1, 0.15) is 24.2 Å². The van der Waals surface area contributed by atoms with E-state index < -0.39 is 11.9 Å². The molecular weight excluding hydrogens is 465 g/mol. The van der Waals surface area contributed by atoms with Crippen LogP contribution in [0.1, 0.15) is 53.7 Å². The van der Waals surface area contributed by atoms with Gasteiger partial charge >= 0.3 is 0 Å². The summed E-state index contributed by atoms with van der Waals surface area (Å²) in [5.41, 5.74) is 2.56. The number of morpholine rings is 1. The summed E-state index contributed by atoms with van der Waals surface area (Å²) in [5.74, 6) is -0.927. The lowest BCUT2D eigenvalue weighted by Crippen LogP contribution is -2.52. The summed E-state index contributed by atoms with van der Waals surface area (Å²) in [6, 6.07) is 9.54. The molecule has 9 heteroatoms. The van der Waals surface area contributed by atoms with E-state index in [0.29, 0.717) is 35.4 Å². The van der Waals surface area contributed by atoms with Crippen molar-refractivity contribution < 1.29 is 28.2 Å². The standard InChI is InChI=1S/C27H30FN3O5/c1-16-11-30(12-17(2)36-16)13-18-6-7-22(28)19(10-18)15-35-24-5-3-4-20-21(24)14-31(27(20)34)23-8-9-25(32)29-26(23)33/h3-7,10,16-17,23H,8-9,11-15H2,1-2H3,(H,29,32,33)/t16?,17?,23-/m1/s1. The lowest BCUT2D eigenvalue weighted by Gasteiger charge is -2.35. The quantitative estimate of drug-likeness (QED) is 0.620. The predicted molar refractivity (Wildman–Crippen MR) is 129 cm³/mol. The van der Waals surface area contributed by atoms with E-state index in [2.05, 4.69) is 24.1 Å². The molecule has 3 aliphatic heterocycles. The molecule has 3 aliphatic rings. The minimum Gasteiger partial charge on any atom is -0.488 e. The van der Waals surface area contributed by atoms with Gasteiger partial charge in [0.05, 0.1) is 18.8 Å². The molecule has 2 unspecified atom stereocenters. The van der Waals surface area contributed by atoms with Crippen LogP contribution >= 0.6 is 0 Å². The van der Waals surface area contributed by atoms with Crippen LogP contribution in [0, 0.1) is 5.82 Å². The van der Waals surface area contributed by atoms with Crippen molar-refractivity contribution in [3.05, 3.63) is 64.5 Å². The number of fused-ring (bicyclic) bond motifs is 1. The molecule has 0 spiro atoms. The molecule has 5 rings (SSSR count). The van der Waals surface area contributed by atoms with Crippen molar-refractivity contribution in [1.29, 1.82) is 0 Å². The second-order valence-corrected chi connectivity index (χ2v) is 9.85. The zero-order valence-electron chi connectivity index (χ0n) is 20.5. The van der Waals surface area contributed by atoms with Crippen LogP contribution in [-0.2, 0) is 34.0 Å². The van der Waals surface area contributed by atoms with Gasteiger partial charge in [-0.3, -0.25) is 24.6 Å². The van der Waals surface area contributed by atoms with E-state index in [1.165, 1.54) is 11.0 Å². The number of imide groups is 1. The van der Waals surface area contributed by atoms with Crippen LogP contribution in [0.3, 0.4) is 0 Å². The molecule has 0 radical (unpaired) electrons. The van der Waals surface area contributed by atoms with E-state index in [0.717, 1.165) is 18.7 Å². The van der Waals surface area contributed by atoms with Gasteiger partial charge in [-0.1, -0.05) is 12.1 Å². The number of carbonyl (C=O) groups excluding carboxylic acids is 3. The van der Waals surface area contributed by atoms with E-state index in [-0.39, 0.29) is 49.4 Å². The highest BCUT2D eigenvalue weighted by molar-refractivity contribution is 6.05. The third-order valence-electron chi connectivity index (χ3n) is 6.93. The lowest BCUT2D eigenvalue weighted by molar-refractivity contribution is -0.136. The van der Waals surface area contributed by atoms with Crippen LogP contribution in [0.4, 0.5) is 4.39 Å². The highest BCUT2D eigenvalue weighted by atomic mass is 19.1. The summed E-state index contributed by atoms with van der Waals surface area (Å²) < 4.78 is 26.5. The summed E-state index contributed by atoms with van der Waals surface area (Å²) >= 11 is 0. The summed E-state index contributed by atoms with van der Waals surface area (Å²) in [5, 5.41) is 2.31. The largest absolute Gasteiger partial charge is 0.488 e. The Labute approximate surface area is 209 Å².